The zero-order valence-corrected chi connectivity index (χ0v) is 13.9. The average Bonchev–Trinajstić information content (AvgIpc) is 3.15. The highest BCUT2D eigenvalue weighted by molar-refractivity contribution is 6.22. The molecule has 2 aliphatic rings. The number of aryl methyl sites for hydroxylation is 1. The molecule has 0 radical (unpaired) electrons. The molecule has 3 amide bonds. The number of fused-ring (bicyclic) bond motifs is 2. The van der Waals surface area contributed by atoms with Crippen LogP contribution < -0.4 is 5.32 Å². The second kappa shape index (κ2) is 5.84. The Bertz CT molecular complexity index is 855. The van der Waals surface area contributed by atoms with E-state index in [1.807, 2.05) is 18.2 Å². The molecule has 25 heavy (non-hydrogen) atoms. The first kappa shape index (κ1) is 15.6. The summed E-state index contributed by atoms with van der Waals surface area (Å²) in [6.45, 7) is 1.60. The van der Waals surface area contributed by atoms with Gasteiger partial charge in [-0.15, -0.1) is 0 Å². The van der Waals surface area contributed by atoms with Gasteiger partial charge in [-0.3, -0.25) is 19.3 Å². The Kier molecular flexibility index (Phi) is 3.64. The van der Waals surface area contributed by atoms with Crippen molar-refractivity contribution in [3.63, 3.8) is 0 Å². The van der Waals surface area contributed by atoms with Gasteiger partial charge in [-0.1, -0.05) is 36.4 Å². The van der Waals surface area contributed by atoms with Crippen molar-refractivity contribution in [2.75, 3.05) is 0 Å². The number of amides is 3. The summed E-state index contributed by atoms with van der Waals surface area (Å²) in [6.07, 6.45) is 1.75. The van der Waals surface area contributed by atoms with Crippen LogP contribution in [0.2, 0.25) is 0 Å². The number of hydrogen-bond acceptors (Lipinski definition) is 3. The van der Waals surface area contributed by atoms with Crippen LogP contribution in [0.15, 0.2) is 48.5 Å². The number of hydrogen-bond donors (Lipinski definition) is 1. The zero-order valence-electron chi connectivity index (χ0n) is 13.9. The van der Waals surface area contributed by atoms with Gasteiger partial charge in [0.2, 0.25) is 5.91 Å². The van der Waals surface area contributed by atoms with Gasteiger partial charge in [0.1, 0.15) is 6.04 Å². The van der Waals surface area contributed by atoms with Crippen molar-refractivity contribution in [1.29, 1.82) is 0 Å². The first-order valence-electron chi connectivity index (χ1n) is 8.43. The van der Waals surface area contributed by atoms with Crippen LogP contribution in [0.1, 0.15) is 51.2 Å². The molecule has 5 heteroatoms. The van der Waals surface area contributed by atoms with Gasteiger partial charge < -0.3 is 5.32 Å². The van der Waals surface area contributed by atoms with Crippen LogP contribution in [0.5, 0.6) is 0 Å². The summed E-state index contributed by atoms with van der Waals surface area (Å²) < 4.78 is 0. The van der Waals surface area contributed by atoms with E-state index in [1.54, 1.807) is 31.2 Å². The molecule has 1 aliphatic heterocycles. The molecule has 0 aromatic heterocycles. The third kappa shape index (κ3) is 2.43. The van der Waals surface area contributed by atoms with Crippen molar-refractivity contribution in [1.82, 2.24) is 10.2 Å². The second-order valence-corrected chi connectivity index (χ2v) is 6.50. The van der Waals surface area contributed by atoms with Gasteiger partial charge >= 0.3 is 0 Å². The predicted molar refractivity (Wildman–Crippen MR) is 92.1 cm³/mol. The molecular weight excluding hydrogens is 316 g/mol. The highest BCUT2D eigenvalue weighted by atomic mass is 16.2. The van der Waals surface area contributed by atoms with Gasteiger partial charge in [-0.25, -0.2) is 0 Å². The second-order valence-electron chi connectivity index (χ2n) is 6.50. The van der Waals surface area contributed by atoms with Crippen LogP contribution in [-0.2, 0) is 11.2 Å². The number of rotatable bonds is 3. The molecule has 2 aromatic carbocycles. The fourth-order valence-corrected chi connectivity index (χ4v) is 3.68. The molecule has 126 valence electrons. The lowest BCUT2D eigenvalue weighted by Crippen LogP contribution is -2.48. The number of carbonyl (C=O) groups is 3. The maximum Gasteiger partial charge on any atom is 0.262 e. The molecule has 2 atom stereocenters. The molecule has 0 bridgehead atoms. The summed E-state index contributed by atoms with van der Waals surface area (Å²) in [5.41, 5.74) is 3.07. The maximum absolute atomic E-state index is 12.7. The lowest BCUT2D eigenvalue weighted by atomic mass is 10.1. The molecule has 1 aliphatic carbocycles. The van der Waals surface area contributed by atoms with E-state index in [2.05, 4.69) is 11.4 Å². The van der Waals surface area contributed by atoms with Gasteiger partial charge in [0.25, 0.3) is 11.8 Å². The topological polar surface area (TPSA) is 66.5 Å². The summed E-state index contributed by atoms with van der Waals surface area (Å²) in [5, 5.41) is 2.99. The smallest absolute Gasteiger partial charge is 0.262 e. The SMILES string of the molecule is CC(C(=O)NC1CCc2ccccc21)N1C(=O)c2ccccc2C1=O. The fraction of sp³-hybridized carbons (Fsp3) is 0.250. The van der Waals surface area contributed by atoms with E-state index in [1.165, 1.54) is 5.56 Å². The Morgan fingerprint density at radius 3 is 2.32 bits per heavy atom. The number of carbonyl (C=O) groups excluding carboxylic acids is 3. The third-order valence-corrected chi connectivity index (χ3v) is 5.04. The van der Waals surface area contributed by atoms with Crippen LogP contribution in [0.25, 0.3) is 0 Å². The number of benzene rings is 2. The number of nitrogens with zero attached hydrogens (tertiary/aromatic N) is 1. The van der Waals surface area contributed by atoms with Crippen LogP contribution >= 0.6 is 0 Å². The Balaban J connectivity index is 1.53. The van der Waals surface area contributed by atoms with E-state index in [0.717, 1.165) is 23.3 Å². The average molecular weight is 334 g/mol. The maximum atomic E-state index is 12.7. The van der Waals surface area contributed by atoms with Gasteiger partial charge in [-0.05, 0) is 43.0 Å². The molecule has 0 saturated carbocycles. The molecule has 0 fully saturated rings. The molecule has 5 nitrogen and oxygen atoms in total. The van der Waals surface area contributed by atoms with E-state index in [9.17, 15) is 14.4 Å². The van der Waals surface area contributed by atoms with Gasteiger partial charge in [0, 0.05) is 0 Å². The lowest BCUT2D eigenvalue weighted by Gasteiger charge is -2.24. The van der Waals surface area contributed by atoms with Crippen LogP contribution in [0.3, 0.4) is 0 Å². The minimum atomic E-state index is -0.847. The van der Waals surface area contributed by atoms with E-state index in [4.69, 9.17) is 0 Å². The summed E-state index contributed by atoms with van der Waals surface area (Å²) in [6, 6.07) is 13.8. The molecular formula is C20H18N2O3. The standard InChI is InChI=1S/C20H18N2O3/c1-12(22-19(24)15-8-4-5-9-16(15)20(22)25)18(23)21-17-11-10-13-6-2-3-7-14(13)17/h2-9,12,17H,10-11H2,1H3,(H,21,23). The van der Waals surface area contributed by atoms with Gasteiger partial charge in [-0.2, -0.15) is 0 Å². The van der Waals surface area contributed by atoms with Crippen molar-refractivity contribution in [2.24, 2.45) is 0 Å². The highest BCUT2D eigenvalue weighted by Crippen LogP contribution is 2.31. The van der Waals surface area contributed by atoms with E-state index in [-0.39, 0.29) is 11.9 Å². The molecule has 4 rings (SSSR count). The Labute approximate surface area is 145 Å². The predicted octanol–water partition coefficient (Wildman–Crippen LogP) is 2.47. The van der Waals surface area contributed by atoms with E-state index < -0.39 is 17.9 Å². The summed E-state index contributed by atoms with van der Waals surface area (Å²) in [5.74, 6) is -1.12. The minimum absolute atomic E-state index is 0.0682. The Morgan fingerprint density at radius 2 is 1.64 bits per heavy atom. The molecule has 2 unspecified atom stereocenters. The Hall–Kier alpha value is -2.95. The highest BCUT2D eigenvalue weighted by Gasteiger charge is 2.41. The molecule has 2 aromatic rings. The van der Waals surface area contributed by atoms with Crippen molar-refractivity contribution in [3.8, 4) is 0 Å². The lowest BCUT2D eigenvalue weighted by molar-refractivity contribution is -0.125. The third-order valence-electron chi connectivity index (χ3n) is 5.04. The number of imide groups is 1. The summed E-state index contributed by atoms with van der Waals surface area (Å²) in [7, 11) is 0. The molecule has 0 saturated heterocycles. The quantitative estimate of drug-likeness (QED) is 0.877. The fourth-order valence-electron chi connectivity index (χ4n) is 3.68. The Morgan fingerprint density at radius 1 is 1.04 bits per heavy atom. The van der Waals surface area contributed by atoms with Crippen molar-refractivity contribution >= 4 is 17.7 Å². The first-order chi connectivity index (χ1) is 12.1. The molecule has 0 spiro atoms. The first-order valence-corrected chi connectivity index (χ1v) is 8.43. The van der Waals surface area contributed by atoms with Crippen molar-refractivity contribution < 1.29 is 14.4 Å². The molecule has 1 N–H and O–H groups in total. The van der Waals surface area contributed by atoms with Gasteiger partial charge in [0.05, 0.1) is 17.2 Å². The largest absolute Gasteiger partial charge is 0.347 e. The normalized spacial score (nSPS) is 19.6. The van der Waals surface area contributed by atoms with Crippen molar-refractivity contribution in [3.05, 3.63) is 70.8 Å². The zero-order chi connectivity index (χ0) is 17.6. The van der Waals surface area contributed by atoms with Gasteiger partial charge in [0.15, 0.2) is 0 Å². The molecule has 1 heterocycles. The summed E-state index contributed by atoms with van der Waals surface area (Å²) >= 11 is 0. The minimum Gasteiger partial charge on any atom is -0.347 e. The van der Waals surface area contributed by atoms with E-state index >= 15 is 0 Å². The monoisotopic (exact) mass is 334 g/mol. The van der Waals surface area contributed by atoms with E-state index in [0.29, 0.717) is 11.1 Å². The number of nitrogens with one attached hydrogen (secondary N) is 1. The van der Waals surface area contributed by atoms with Crippen LogP contribution in [0.4, 0.5) is 0 Å². The van der Waals surface area contributed by atoms with Crippen molar-refractivity contribution in [2.45, 2.75) is 31.8 Å². The summed E-state index contributed by atoms with van der Waals surface area (Å²) in [4.78, 5) is 38.8. The van der Waals surface area contributed by atoms with Crippen LogP contribution in [-0.4, -0.2) is 28.7 Å². The van der Waals surface area contributed by atoms with Crippen LogP contribution in [0, 0.1) is 0 Å².